The number of amides is 1. The van der Waals surface area contributed by atoms with Gasteiger partial charge in [0.15, 0.2) is 0 Å². The maximum Gasteiger partial charge on any atom is 0.224 e. The smallest absolute Gasteiger partial charge is 0.224 e. The van der Waals surface area contributed by atoms with E-state index < -0.39 is 0 Å². The third-order valence-electron chi connectivity index (χ3n) is 3.55. The molecule has 1 fully saturated rings. The number of nitrogens with two attached hydrogens (primary N) is 1. The van der Waals surface area contributed by atoms with Gasteiger partial charge in [-0.05, 0) is 19.4 Å². The zero-order valence-corrected chi connectivity index (χ0v) is 11.6. The van der Waals surface area contributed by atoms with Crippen molar-refractivity contribution in [2.75, 3.05) is 19.7 Å². The summed E-state index contributed by atoms with van der Waals surface area (Å²) in [6.45, 7) is 5.59. The molecular formula is C15H22N2O2. The van der Waals surface area contributed by atoms with Crippen molar-refractivity contribution in [3.05, 3.63) is 35.9 Å². The van der Waals surface area contributed by atoms with Crippen molar-refractivity contribution in [2.45, 2.75) is 31.9 Å². The van der Waals surface area contributed by atoms with Crippen LogP contribution in [0.15, 0.2) is 30.3 Å². The molecule has 1 aromatic carbocycles. The number of rotatable bonds is 3. The SMILES string of the molecule is CC1(C)COC(c2ccccc2)CN1C(=O)CCN. The van der Waals surface area contributed by atoms with Crippen molar-refractivity contribution in [2.24, 2.45) is 5.73 Å². The summed E-state index contributed by atoms with van der Waals surface area (Å²) in [6, 6.07) is 10.0. The van der Waals surface area contributed by atoms with Crippen LogP contribution in [0.1, 0.15) is 31.9 Å². The van der Waals surface area contributed by atoms with Crippen LogP contribution < -0.4 is 5.73 Å². The summed E-state index contributed by atoms with van der Waals surface area (Å²) in [5.41, 5.74) is 6.34. The van der Waals surface area contributed by atoms with Gasteiger partial charge in [0, 0.05) is 13.0 Å². The molecule has 2 rings (SSSR count). The normalized spacial score (nSPS) is 22.3. The van der Waals surface area contributed by atoms with E-state index in [9.17, 15) is 4.79 Å². The zero-order valence-electron chi connectivity index (χ0n) is 11.6. The lowest BCUT2D eigenvalue weighted by Crippen LogP contribution is -2.56. The van der Waals surface area contributed by atoms with Gasteiger partial charge in [-0.1, -0.05) is 30.3 Å². The Kier molecular flexibility index (Phi) is 4.22. The number of nitrogens with zero attached hydrogens (tertiary/aromatic N) is 1. The number of ether oxygens (including phenoxy) is 1. The summed E-state index contributed by atoms with van der Waals surface area (Å²) >= 11 is 0. The summed E-state index contributed by atoms with van der Waals surface area (Å²) in [5.74, 6) is 0.108. The lowest BCUT2D eigenvalue weighted by atomic mass is 9.97. The van der Waals surface area contributed by atoms with Gasteiger partial charge in [0.05, 0.1) is 18.7 Å². The van der Waals surface area contributed by atoms with Gasteiger partial charge < -0.3 is 15.4 Å². The van der Waals surface area contributed by atoms with E-state index in [0.29, 0.717) is 26.1 Å². The summed E-state index contributed by atoms with van der Waals surface area (Å²) < 4.78 is 5.91. The number of benzene rings is 1. The van der Waals surface area contributed by atoms with E-state index in [1.54, 1.807) is 0 Å². The second-order valence-corrected chi connectivity index (χ2v) is 5.57. The fourth-order valence-corrected chi connectivity index (χ4v) is 2.42. The average Bonchev–Trinajstić information content (AvgIpc) is 2.39. The first-order valence-electron chi connectivity index (χ1n) is 6.71. The summed E-state index contributed by atoms with van der Waals surface area (Å²) in [6.07, 6.45) is 0.348. The predicted octanol–water partition coefficient (Wildman–Crippen LogP) is 1.71. The van der Waals surface area contributed by atoms with Gasteiger partial charge in [-0.15, -0.1) is 0 Å². The van der Waals surface area contributed by atoms with Crippen molar-refractivity contribution in [3.8, 4) is 0 Å². The van der Waals surface area contributed by atoms with E-state index in [2.05, 4.69) is 0 Å². The second kappa shape index (κ2) is 5.72. The summed E-state index contributed by atoms with van der Waals surface area (Å²) in [4.78, 5) is 14.1. The zero-order chi connectivity index (χ0) is 13.9. The van der Waals surface area contributed by atoms with Crippen LogP contribution in [0.4, 0.5) is 0 Å². The van der Waals surface area contributed by atoms with Crippen molar-refractivity contribution >= 4 is 5.91 Å². The van der Waals surface area contributed by atoms with E-state index in [4.69, 9.17) is 10.5 Å². The van der Waals surface area contributed by atoms with Crippen molar-refractivity contribution in [1.29, 1.82) is 0 Å². The van der Waals surface area contributed by atoms with Crippen LogP contribution >= 0.6 is 0 Å². The third-order valence-corrected chi connectivity index (χ3v) is 3.55. The number of carbonyl (C=O) groups excluding carboxylic acids is 1. The quantitative estimate of drug-likeness (QED) is 0.902. The molecule has 4 heteroatoms. The number of morpholine rings is 1. The maximum atomic E-state index is 12.2. The van der Waals surface area contributed by atoms with E-state index >= 15 is 0 Å². The Morgan fingerprint density at radius 2 is 2.11 bits per heavy atom. The van der Waals surface area contributed by atoms with Crippen molar-refractivity contribution in [1.82, 2.24) is 4.90 Å². The lowest BCUT2D eigenvalue weighted by molar-refractivity contribution is -0.154. The number of hydrogen-bond acceptors (Lipinski definition) is 3. The van der Waals surface area contributed by atoms with Crippen LogP contribution in [-0.2, 0) is 9.53 Å². The molecule has 104 valence electrons. The fourth-order valence-electron chi connectivity index (χ4n) is 2.42. The standard InChI is InChI=1S/C15H22N2O2/c1-15(2)11-19-13(12-6-4-3-5-7-12)10-17(15)14(18)8-9-16/h3-7,13H,8-11,16H2,1-2H3. The molecule has 1 aliphatic rings. The molecule has 1 saturated heterocycles. The molecule has 4 nitrogen and oxygen atoms in total. The van der Waals surface area contributed by atoms with Gasteiger partial charge >= 0.3 is 0 Å². The minimum Gasteiger partial charge on any atom is -0.369 e. The topological polar surface area (TPSA) is 55.6 Å². The first-order chi connectivity index (χ1) is 9.04. The Labute approximate surface area is 114 Å². The van der Waals surface area contributed by atoms with Gasteiger partial charge in [0.2, 0.25) is 5.91 Å². The molecule has 0 spiro atoms. The monoisotopic (exact) mass is 262 g/mol. The molecule has 1 aliphatic heterocycles. The van der Waals surface area contributed by atoms with Crippen molar-refractivity contribution in [3.63, 3.8) is 0 Å². The van der Waals surface area contributed by atoms with E-state index in [0.717, 1.165) is 5.56 Å². The van der Waals surface area contributed by atoms with Crippen molar-refractivity contribution < 1.29 is 9.53 Å². The lowest BCUT2D eigenvalue weighted by Gasteiger charge is -2.45. The first kappa shape index (κ1) is 14.0. The fraction of sp³-hybridized carbons (Fsp3) is 0.533. The molecule has 0 bridgehead atoms. The molecule has 0 aromatic heterocycles. The van der Waals surface area contributed by atoms with E-state index in [-0.39, 0.29) is 17.6 Å². The van der Waals surface area contributed by atoms with Gasteiger partial charge in [-0.25, -0.2) is 0 Å². The molecule has 1 atom stereocenters. The largest absolute Gasteiger partial charge is 0.369 e. The van der Waals surface area contributed by atoms with Crippen LogP contribution in [0.3, 0.4) is 0 Å². The molecule has 1 aromatic rings. The van der Waals surface area contributed by atoms with Gasteiger partial charge in [-0.2, -0.15) is 0 Å². The third kappa shape index (κ3) is 3.14. The van der Waals surface area contributed by atoms with Gasteiger partial charge in [0.25, 0.3) is 0 Å². The molecule has 0 aliphatic carbocycles. The van der Waals surface area contributed by atoms with Crippen LogP contribution in [0, 0.1) is 0 Å². The van der Waals surface area contributed by atoms with Crippen LogP contribution in [0.25, 0.3) is 0 Å². The molecular weight excluding hydrogens is 240 g/mol. The maximum absolute atomic E-state index is 12.2. The molecule has 1 unspecified atom stereocenters. The molecule has 19 heavy (non-hydrogen) atoms. The highest BCUT2D eigenvalue weighted by Crippen LogP contribution is 2.30. The van der Waals surface area contributed by atoms with Crippen LogP contribution in [-0.4, -0.2) is 36.0 Å². The number of hydrogen-bond donors (Lipinski definition) is 1. The van der Waals surface area contributed by atoms with E-state index in [1.807, 2.05) is 49.1 Å². The Hall–Kier alpha value is -1.39. The average molecular weight is 262 g/mol. The van der Waals surface area contributed by atoms with Gasteiger partial charge in [-0.3, -0.25) is 4.79 Å². The Bertz CT molecular complexity index is 431. The van der Waals surface area contributed by atoms with Gasteiger partial charge in [0.1, 0.15) is 6.10 Å². The Morgan fingerprint density at radius 3 is 2.74 bits per heavy atom. The molecule has 2 N–H and O–H groups in total. The molecule has 1 amide bonds. The predicted molar refractivity (Wildman–Crippen MR) is 74.6 cm³/mol. The highest BCUT2D eigenvalue weighted by Gasteiger charge is 2.37. The summed E-state index contributed by atoms with van der Waals surface area (Å²) in [5, 5.41) is 0. The highest BCUT2D eigenvalue weighted by atomic mass is 16.5. The Balaban J connectivity index is 2.14. The minimum atomic E-state index is -0.266. The van der Waals surface area contributed by atoms with E-state index in [1.165, 1.54) is 0 Å². The van der Waals surface area contributed by atoms with Crippen LogP contribution in [0.5, 0.6) is 0 Å². The molecule has 0 radical (unpaired) electrons. The second-order valence-electron chi connectivity index (χ2n) is 5.57. The Morgan fingerprint density at radius 1 is 1.42 bits per heavy atom. The molecule has 1 heterocycles. The first-order valence-corrected chi connectivity index (χ1v) is 6.71. The summed E-state index contributed by atoms with van der Waals surface area (Å²) in [7, 11) is 0. The molecule has 0 saturated carbocycles. The number of carbonyl (C=O) groups is 1. The van der Waals surface area contributed by atoms with Crippen LogP contribution in [0.2, 0.25) is 0 Å². The highest BCUT2D eigenvalue weighted by molar-refractivity contribution is 5.77. The minimum absolute atomic E-state index is 0.0454.